The average Bonchev–Trinajstić information content (AvgIpc) is 2.99. The number of para-hydroxylation sites is 1. The highest BCUT2D eigenvalue weighted by atomic mass is 19.4. The number of nitrogens with one attached hydrogen (secondary N) is 2. The number of hydrogen-bond acceptors (Lipinski definition) is 5. The number of fused-ring (bicyclic) bond motifs is 2. The van der Waals surface area contributed by atoms with Crippen LogP contribution in [-0.4, -0.2) is 34.8 Å². The van der Waals surface area contributed by atoms with Crippen molar-refractivity contribution in [2.24, 2.45) is 0 Å². The van der Waals surface area contributed by atoms with Crippen molar-refractivity contribution in [1.29, 1.82) is 0 Å². The highest BCUT2D eigenvalue weighted by Gasteiger charge is 2.34. The molecule has 0 atom stereocenters. The van der Waals surface area contributed by atoms with Crippen LogP contribution < -0.4 is 20.1 Å². The van der Waals surface area contributed by atoms with Gasteiger partial charge in [0, 0.05) is 24.8 Å². The first-order valence-electron chi connectivity index (χ1n) is 9.66. The van der Waals surface area contributed by atoms with Gasteiger partial charge in [0.25, 0.3) is 5.91 Å². The van der Waals surface area contributed by atoms with Crippen molar-refractivity contribution in [2.45, 2.75) is 32.3 Å². The van der Waals surface area contributed by atoms with Gasteiger partial charge in [-0.05, 0) is 32.0 Å². The van der Waals surface area contributed by atoms with E-state index in [9.17, 15) is 18.0 Å². The van der Waals surface area contributed by atoms with E-state index in [4.69, 9.17) is 4.74 Å². The minimum atomic E-state index is -4.82. The molecule has 0 bridgehead atoms. The standard InChI is InChI=1S/C21H21F3N4O3/c1-20(2,19-26-12-15-16(31-21(22,23)24)7-4-9-28(15)19)27-18(29)14-6-3-5-13-11-25-8-10-30-17(13)14/h3-7,9,12,25H,8,10-11H2,1-2H3,(H,27,29). The van der Waals surface area contributed by atoms with Crippen LogP contribution in [0.15, 0.2) is 42.7 Å². The van der Waals surface area contributed by atoms with E-state index in [-0.39, 0.29) is 17.2 Å². The zero-order valence-electron chi connectivity index (χ0n) is 16.9. The maximum Gasteiger partial charge on any atom is 0.573 e. The van der Waals surface area contributed by atoms with Crippen molar-refractivity contribution in [3.05, 3.63) is 59.7 Å². The molecule has 3 aromatic rings. The fourth-order valence-corrected chi connectivity index (χ4v) is 3.60. The summed E-state index contributed by atoms with van der Waals surface area (Å²) in [5.41, 5.74) is 0.394. The van der Waals surface area contributed by atoms with Gasteiger partial charge in [-0.3, -0.25) is 9.20 Å². The monoisotopic (exact) mass is 434 g/mol. The molecule has 0 radical (unpaired) electrons. The van der Waals surface area contributed by atoms with Gasteiger partial charge in [0.1, 0.15) is 23.7 Å². The smallest absolute Gasteiger partial charge is 0.491 e. The summed E-state index contributed by atoms with van der Waals surface area (Å²) in [7, 11) is 0. The van der Waals surface area contributed by atoms with Crippen LogP contribution in [0.2, 0.25) is 0 Å². The maximum atomic E-state index is 13.1. The number of carbonyl (C=O) groups excluding carboxylic acids is 1. The first kappa shape index (κ1) is 21.0. The molecule has 1 amide bonds. The van der Waals surface area contributed by atoms with Gasteiger partial charge in [-0.15, -0.1) is 13.2 Å². The Morgan fingerprint density at radius 2 is 2.06 bits per heavy atom. The molecule has 1 aromatic carbocycles. The molecule has 3 heterocycles. The Bertz CT molecular complexity index is 1120. The van der Waals surface area contributed by atoms with Crippen LogP contribution >= 0.6 is 0 Å². The SMILES string of the molecule is CC(C)(NC(=O)c1cccc2c1OCCNC2)c1ncc2c(OC(F)(F)F)cccn12. The molecule has 164 valence electrons. The van der Waals surface area contributed by atoms with Gasteiger partial charge in [0.05, 0.1) is 17.3 Å². The van der Waals surface area contributed by atoms with Crippen LogP contribution in [0, 0.1) is 0 Å². The Kier molecular flexibility index (Phi) is 5.26. The van der Waals surface area contributed by atoms with E-state index in [1.165, 1.54) is 22.7 Å². The Morgan fingerprint density at radius 1 is 1.26 bits per heavy atom. The Hall–Kier alpha value is -3.27. The molecule has 0 saturated heterocycles. The van der Waals surface area contributed by atoms with Crippen molar-refractivity contribution in [2.75, 3.05) is 13.2 Å². The fourth-order valence-electron chi connectivity index (χ4n) is 3.60. The molecule has 0 fully saturated rings. The Morgan fingerprint density at radius 3 is 2.84 bits per heavy atom. The molecule has 2 N–H and O–H groups in total. The topological polar surface area (TPSA) is 76.9 Å². The zero-order chi connectivity index (χ0) is 22.2. The third-order valence-electron chi connectivity index (χ3n) is 4.92. The van der Waals surface area contributed by atoms with Gasteiger partial charge in [-0.1, -0.05) is 12.1 Å². The molecule has 0 unspecified atom stereocenters. The molecule has 4 rings (SSSR count). The number of amides is 1. The van der Waals surface area contributed by atoms with Crippen molar-refractivity contribution in [1.82, 2.24) is 20.0 Å². The molecular weight excluding hydrogens is 413 g/mol. The number of aromatic nitrogens is 2. The van der Waals surface area contributed by atoms with Crippen LogP contribution in [-0.2, 0) is 12.1 Å². The Labute approximate surface area is 176 Å². The summed E-state index contributed by atoms with van der Waals surface area (Å²) in [6.07, 6.45) is -1.97. The number of hydrogen-bond donors (Lipinski definition) is 2. The molecule has 0 saturated carbocycles. The predicted octanol–water partition coefficient (Wildman–Crippen LogP) is 3.38. The lowest BCUT2D eigenvalue weighted by molar-refractivity contribution is -0.274. The lowest BCUT2D eigenvalue weighted by Crippen LogP contribution is -2.42. The van der Waals surface area contributed by atoms with Crippen LogP contribution in [0.3, 0.4) is 0 Å². The maximum absolute atomic E-state index is 13.1. The molecule has 1 aliphatic rings. The molecule has 0 aliphatic carbocycles. The van der Waals surface area contributed by atoms with E-state index in [1.807, 2.05) is 6.07 Å². The van der Waals surface area contributed by atoms with Gasteiger partial charge >= 0.3 is 6.36 Å². The van der Waals surface area contributed by atoms with Crippen molar-refractivity contribution in [3.63, 3.8) is 0 Å². The highest BCUT2D eigenvalue weighted by molar-refractivity contribution is 5.97. The molecule has 2 aromatic heterocycles. The van der Waals surface area contributed by atoms with E-state index in [2.05, 4.69) is 20.4 Å². The highest BCUT2D eigenvalue weighted by Crippen LogP contribution is 2.31. The van der Waals surface area contributed by atoms with E-state index in [1.54, 1.807) is 32.2 Å². The van der Waals surface area contributed by atoms with Gasteiger partial charge in [0.15, 0.2) is 5.75 Å². The second-order valence-corrected chi connectivity index (χ2v) is 7.66. The normalized spacial score (nSPS) is 14.5. The second kappa shape index (κ2) is 7.77. The number of imidazole rings is 1. The van der Waals surface area contributed by atoms with Gasteiger partial charge in [-0.2, -0.15) is 0 Å². The van der Waals surface area contributed by atoms with E-state index in [0.717, 1.165) is 5.56 Å². The third kappa shape index (κ3) is 4.29. The van der Waals surface area contributed by atoms with Crippen LogP contribution in [0.25, 0.3) is 5.52 Å². The van der Waals surface area contributed by atoms with Gasteiger partial charge in [0.2, 0.25) is 0 Å². The van der Waals surface area contributed by atoms with Gasteiger partial charge < -0.3 is 20.1 Å². The number of carbonyl (C=O) groups is 1. The fraction of sp³-hybridized carbons (Fsp3) is 0.333. The predicted molar refractivity (Wildman–Crippen MR) is 106 cm³/mol. The second-order valence-electron chi connectivity index (χ2n) is 7.66. The number of pyridine rings is 1. The summed E-state index contributed by atoms with van der Waals surface area (Å²) < 4.78 is 49.5. The number of rotatable bonds is 4. The summed E-state index contributed by atoms with van der Waals surface area (Å²) in [4.78, 5) is 17.4. The van der Waals surface area contributed by atoms with Crippen LogP contribution in [0.5, 0.6) is 11.5 Å². The van der Waals surface area contributed by atoms with Gasteiger partial charge in [-0.25, -0.2) is 4.98 Å². The van der Waals surface area contributed by atoms with Crippen LogP contribution in [0.1, 0.15) is 35.6 Å². The summed E-state index contributed by atoms with van der Waals surface area (Å²) in [5.74, 6) is 0.135. The molecular formula is C21H21F3N4O3. The third-order valence-corrected chi connectivity index (χ3v) is 4.92. The number of nitrogens with zero attached hydrogens (tertiary/aromatic N) is 2. The first-order chi connectivity index (χ1) is 14.7. The first-order valence-corrected chi connectivity index (χ1v) is 9.66. The molecule has 1 aliphatic heterocycles. The molecule has 10 heteroatoms. The van der Waals surface area contributed by atoms with Crippen molar-refractivity contribution < 1.29 is 27.4 Å². The lowest BCUT2D eigenvalue weighted by Gasteiger charge is -2.26. The average molecular weight is 434 g/mol. The minimum Gasteiger partial charge on any atom is -0.491 e. The largest absolute Gasteiger partial charge is 0.573 e. The number of ether oxygens (including phenoxy) is 2. The molecule has 0 spiro atoms. The number of benzene rings is 1. The number of alkyl halides is 3. The molecule has 31 heavy (non-hydrogen) atoms. The minimum absolute atomic E-state index is 0.139. The summed E-state index contributed by atoms with van der Waals surface area (Å²) in [6.45, 7) is 5.14. The van der Waals surface area contributed by atoms with Crippen molar-refractivity contribution >= 4 is 11.4 Å². The summed E-state index contributed by atoms with van der Waals surface area (Å²) >= 11 is 0. The number of halogens is 3. The van der Waals surface area contributed by atoms with Crippen LogP contribution in [0.4, 0.5) is 13.2 Å². The summed E-state index contributed by atoms with van der Waals surface area (Å²) in [5, 5.41) is 6.14. The van der Waals surface area contributed by atoms with E-state index >= 15 is 0 Å². The van der Waals surface area contributed by atoms with E-state index < -0.39 is 11.9 Å². The quantitative estimate of drug-likeness (QED) is 0.659. The van der Waals surface area contributed by atoms with Crippen molar-refractivity contribution in [3.8, 4) is 11.5 Å². The molecule has 7 nitrogen and oxygen atoms in total. The van der Waals surface area contributed by atoms with E-state index in [0.29, 0.717) is 36.8 Å². The zero-order valence-corrected chi connectivity index (χ0v) is 16.9. The lowest BCUT2D eigenvalue weighted by atomic mass is 10.0. The Balaban J connectivity index is 1.65. The summed E-state index contributed by atoms with van der Waals surface area (Å²) in [6, 6.07) is 7.98.